The van der Waals surface area contributed by atoms with Gasteiger partial charge >= 0.3 is 46.9 Å². The molecular weight excluding hydrogens is 1510 g/mol. The molecule has 6 aliphatic heterocycles. The second kappa shape index (κ2) is 51.1. The van der Waals surface area contributed by atoms with E-state index in [4.69, 9.17) is 76.9 Å². The second-order valence-corrected chi connectivity index (χ2v) is 34.2. The molecule has 0 bridgehead atoms. The highest BCUT2D eigenvalue weighted by molar-refractivity contribution is 7.55. The number of para-hydroxylation sites is 5. The van der Waals surface area contributed by atoms with E-state index < -0.39 is 46.9 Å². The number of carbonyl (C=O) groups is 2. The maximum absolute atomic E-state index is 12.4. The molecule has 614 valence electrons. The Morgan fingerprint density at radius 1 is 0.389 bits per heavy atom. The lowest BCUT2D eigenvalue weighted by Crippen LogP contribution is -2.24. The Hall–Kier alpha value is -4.70. The summed E-state index contributed by atoms with van der Waals surface area (Å²) in [4.78, 5) is 22.2. The Morgan fingerprint density at radius 2 is 0.694 bits per heavy atom. The molecule has 0 aromatic heterocycles. The topological polar surface area (TPSA) is 297 Å². The molecule has 108 heavy (non-hydrogen) atoms. The number of rotatable bonds is 18. The van der Waals surface area contributed by atoms with Crippen LogP contribution in [-0.2, 0) is 142 Å². The summed E-state index contributed by atoms with van der Waals surface area (Å²) in [6.07, 6.45) is 1.53. The number of hydrogen-bond acceptors (Lipinski definition) is 25. The first-order chi connectivity index (χ1) is 51.0. The van der Waals surface area contributed by atoms with E-state index in [1.807, 2.05) is 187 Å². The zero-order chi connectivity index (χ0) is 82.2. The van der Waals surface area contributed by atoms with Gasteiger partial charge in [-0.15, -0.1) is 0 Å². The van der Waals surface area contributed by atoms with Gasteiger partial charge in [0.2, 0.25) is 0 Å². The van der Waals surface area contributed by atoms with Gasteiger partial charge in [-0.05, 0) is 152 Å². The van der Waals surface area contributed by atoms with Gasteiger partial charge in [0.15, 0.2) is 0 Å². The van der Waals surface area contributed by atoms with Crippen LogP contribution in [0.4, 0.5) is 5.69 Å². The predicted molar refractivity (Wildman–Crippen MR) is 426 cm³/mol. The second-order valence-electron chi connectivity index (χ2n) is 24.5. The zero-order valence-electron chi connectivity index (χ0n) is 68.5. The van der Waals surface area contributed by atoms with Gasteiger partial charge in [0.25, 0.3) is 0 Å². The summed E-state index contributed by atoms with van der Waals surface area (Å²) < 4.78 is 163. The van der Waals surface area contributed by atoms with Gasteiger partial charge in [-0.2, -0.15) is 0 Å². The number of benzene rings is 5. The summed E-state index contributed by atoms with van der Waals surface area (Å²) in [6.45, 7) is 48.1. The number of nitrogens with zero attached hydrogens (tertiary/aromatic N) is 1. The molecule has 0 radical (unpaired) electrons. The molecule has 7 unspecified atom stereocenters. The number of phosphoric acid groups is 5. The van der Waals surface area contributed by atoms with E-state index in [0.717, 1.165) is 51.1 Å². The number of fused-ring (bicyclic) bond motifs is 5. The van der Waals surface area contributed by atoms with E-state index in [2.05, 4.69) is 0 Å². The fourth-order valence-electron chi connectivity index (χ4n) is 9.22. The Kier molecular flexibility index (Phi) is 48.0. The lowest BCUT2D eigenvalue weighted by atomic mass is 10.0. The highest BCUT2D eigenvalue weighted by Gasteiger charge is 2.41. The van der Waals surface area contributed by atoms with Gasteiger partial charge in [0.1, 0.15) is 34.6 Å². The largest absolute Gasteiger partial charge is 0.530 e. The lowest BCUT2D eigenvalue weighted by molar-refractivity contribution is -0.117. The van der Waals surface area contributed by atoms with E-state index >= 15 is 0 Å². The predicted octanol–water partition coefficient (Wildman–Crippen LogP) is 24.2. The van der Waals surface area contributed by atoms with Crippen molar-refractivity contribution >= 4 is 64.1 Å². The maximum atomic E-state index is 12.4. The minimum atomic E-state index is -3.56. The van der Waals surface area contributed by atoms with Gasteiger partial charge in [0.05, 0.1) is 88.1 Å². The van der Waals surface area contributed by atoms with Crippen LogP contribution in [0.5, 0.6) is 23.0 Å². The molecule has 6 aliphatic rings. The van der Waals surface area contributed by atoms with Crippen LogP contribution in [-0.4, -0.2) is 67.9 Å². The van der Waals surface area contributed by atoms with Crippen LogP contribution >= 0.6 is 46.9 Å². The van der Waals surface area contributed by atoms with Gasteiger partial charge in [0, 0.05) is 47.7 Å². The lowest BCUT2D eigenvalue weighted by Gasteiger charge is -2.34. The molecule has 6 heterocycles. The Labute approximate surface area is 645 Å². The highest BCUT2D eigenvalue weighted by atomic mass is 31.2. The molecule has 32 heteroatoms. The summed E-state index contributed by atoms with van der Waals surface area (Å²) in [5, 5.41) is 0. The number of carbonyl (C=O) groups excluding carboxylic acids is 2. The van der Waals surface area contributed by atoms with Gasteiger partial charge in [-0.25, -0.2) is 27.4 Å². The first-order valence-electron chi connectivity index (χ1n) is 37.2. The van der Waals surface area contributed by atoms with Gasteiger partial charge in [-0.1, -0.05) is 160 Å². The minimum absolute atomic E-state index is 0.0386. The summed E-state index contributed by atoms with van der Waals surface area (Å²) in [7, 11) is -18.6. The Bertz CT molecular complexity index is 3570. The third-order valence-electron chi connectivity index (χ3n) is 13.4. The zero-order valence-corrected chi connectivity index (χ0v) is 73.9. The van der Waals surface area contributed by atoms with Crippen LogP contribution in [0.1, 0.15) is 231 Å². The number of aryl methyl sites for hydroxylation is 2. The average molecular weight is 1640 g/mol. The van der Waals surface area contributed by atoms with Crippen molar-refractivity contribution in [3.05, 3.63) is 148 Å². The minimum Gasteiger partial charge on any atom is -0.404 e. The van der Waals surface area contributed by atoms with E-state index in [1.54, 1.807) is 107 Å². The summed E-state index contributed by atoms with van der Waals surface area (Å²) in [5.74, 6) is 2.43. The van der Waals surface area contributed by atoms with Crippen molar-refractivity contribution in [3.8, 4) is 23.0 Å². The number of anilines is 1. The monoisotopic (exact) mass is 1640 g/mol. The van der Waals surface area contributed by atoms with Gasteiger partial charge in [-0.3, -0.25) is 63.5 Å². The SMILES string of the molecule is CC.CC.CC.CC.CC.CC(=O)CCc1cccc2c1OP(=O)(OC(C)C)OC2.CC(=O)CCc1cccc2c1OP(=O)(OC(C)C)OC2.CC(C)OP1(=O)OCCC(C)O1.CC(C)OP1(=O)OCc2ccccc2N1C.CC(C)OP1(=O)OCc2ccccc2O1.CC(C)OP1(=O)OCc2ccccc2O1. The van der Waals surface area contributed by atoms with E-state index in [-0.39, 0.29) is 80.7 Å². The van der Waals surface area contributed by atoms with Gasteiger partial charge < -0.3 is 27.7 Å². The van der Waals surface area contributed by atoms with Crippen LogP contribution in [0.15, 0.2) is 109 Å². The molecule has 11 rings (SSSR count). The van der Waals surface area contributed by atoms with Crippen molar-refractivity contribution in [2.24, 2.45) is 0 Å². The van der Waals surface area contributed by atoms with Crippen LogP contribution in [0.2, 0.25) is 0 Å². The van der Waals surface area contributed by atoms with Crippen LogP contribution in [0.25, 0.3) is 0 Å². The van der Waals surface area contributed by atoms with E-state index in [9.17, 15) is 37.0 Å². The molecular formula is C76H125NO25P6. The fraction of sp³-hybridized carbons (Fsp3) is 0.579. The molecule has 0 aliphatic carbocycles. The first kappa shape index (κ1) is 101. The van der Waals surface area contributed by atoms with Crippen molar-refractivity contribution < 1.29 is 114 Å². The van der Waals surface area contributed by atoms with Crippen molar-refractivity contribution in [1.29, 1.82) is 0 Å². The molecule has 1 saturated heterocycles. The summed E-state index contributed by atoms with van der Waals surface area (Å²) in [5.41, 5.74) is 7.08. The molecule has 0 amide bonds. The normalized spacial score (nSPS) is 22.9. The highest BCUT2D eigenvalue weighted by Crippen LogP contribution is 2.61. The first-order valence-corrected chi connectivity index (χ1v) is 46.0. The summed E-state index contributed by atoms with van der Waals surface area (Å²) in [6, 6.07) is 33.6. The maximum Gasteiger partial charge on any atom is 0.530 e. The van der Waals surface area contributed by atoms with Crippen LogP contribution in [0, 0.1) is 0 Å². The van der Waals surface area contributed by atoms with Crippen LogP contribution in [0.3, 0.4) is 0 Å². The third-order valence-corrected chi connectivity index (χ3v) is 23.4. The summed E-state index contributed by atoms with van der Waals surface area (Å²) >= 11 is 0. The van der Waals surface area contributed by atoms with Crippen molar-refractivity contribution in [2.75, 3.05) is 18.3 Å². The average Bonchev–Trinajstić information content (AvgIpc) is 0.782. The molecule has 0 N–H and O–H groups in total. The molecule has 26 nitrogen and oxygen atoms in total. The van der Waals surface area contributed by atoms with Crippen molar-refractivity contribution in [2.45, 2.75) is 281 Å². The third kappa shape index (κ3) is 36.0. The number of Topliss-reactive ketones (excluding diaryl/α,β-unsaturated/α-hetero) is 2. The molecule has 0 saturated carbocycles. The molecule has 5 aromatic carbocycles. The Morgan fingerprint density at radius 3 is 1.05 bits per heavy atom. The number of phosphoric ester groups is 5. The quantitative estimate of drug-likeness (QED) is 0.0736. The molecule has 5 aromatic rings. The van der Waals surface area contributed by atoms with E-state index in [0.29, 0.717) is 61.9 Å². The van der Waals surface area contributed by atoms with Crippen molar-refractivity contribution in [1.82, 2.24) is 0 Å². The number of ketones is 2. The molecule has 0 spiro atoms. The standard InChI is InChI=1S/2C14H19O5P.C11H16NO3P.2C10H13O4P.C7H15O4P.5C2H6/c2*1-10(2)18-20(16)17-9-13-6-4-5-12(14(13)19-20)8-7-11(3)15;1-9(2)15-16(13)12(3)11-7-5-4-6-10(11)8-14-16;2*1-8(2)13-15(11)12-7-9-5-3-4-6-10(9)14-15;1-6(2)10-12(8)9-5-4-7(3)11-12;5*1-2/h2*4-6,10H,7-9H2,1-3H3;4-7,9H,8H2,1-3H3;2*3-6,8H,7H2,1-2H3;6-7H,4-5H2,1-3H3;5*1-2H3. The molecule has 1 fully saturated rings. The number of hydrogen-bond donors (Lipinski definition) is 0. The van der Waals surface area contributed by atoms with Crippen molar-refractivity contribution in [3.63, 3.8) is 0 Å². The Balaban J connectivity index is 0.000000636. The molecule has 7 atom stereocenters. The van der Waals surface area contributed by atoms with Crippen LogP contribution < -0.4 is 22.8 Å². The fourth-order valence-corrected chi connectivity index (χ4v) is 18.1. The van der Waals surface area contributed by atoms with E-state index in [1.165, 1.54) is 0 Å². The smallest absolute Gasteiger partial charge is 0.404 e.